The molecule has 2 aromatic rings. The molecule has 0 saturated heterocycles. The third-order valence-corrected chi connectivity index (χ3v) is 6.19. The van der Waals surface area contributed by atoms with Crippen molar-refractivity contribution >= 4 is 10.1 Å². The topological polar surface area (TPSA) is 66.4 Å². The Morgan fingerprint density at radius 2 is 1.32 bits per heavy atom. The van der Waals surface area contributed by atoms with E-state index in [0.717, 1.165) is 24.8 Å². The molecular formula is C25H35KO4S. The molecular weight excluding hydrogens is 435 g/mol. The molecule has 2 rings (SSSR count). The monoisotopic (exact) mass is 470 g/mol. The molecule has 0 aromatic heterocycles. The Kier molecular flexibility index (Phi) is 15.3. The minimum Gasteiger partial charge on any atom is -0.744 e. The number of hydrogen-bond acceptors (Lipinski definition) is 4. The maximum atomic E-state index is 11.6. The van der Waals surface area contributed by atoms with Crippen LogP contribution in [-0.2, 0) is 16.5 Å². The number of ether oxygens (including phenoxy) is 1. The molecule has 2 aromatic carbocycles. The first-order valence-electron chi connectivity index (χ1n) is 11.3. The summed E-state index contributed by atoms with van der Waals surface area (Å²) in [6, 6.07) is 13.7. The van der Waals surface area contributed by atoms with Gasteiger partial charge in [0.2, 0.25) is 0 Å². The normalized spacial score (nSPS) is 11.2. The number of rotatable bonds is 15. The number of para-hydroxylation sites is 1. The van der Waals surface area contributed by atoms with Gasteiger partial charge >= 0.3 is 51.4 Å². The van der Waals surface area contributed by atoms with E-state index in [2.05, 4.69) is 6.92 Å². The summed E-state index contributed by atoms with van der Waals surface area (Å²) in [4.78, 5) is -0.311. The Morgan fingerprint density at radius 3 is 1.87 bits per heavy atom. The van der Waals surface area contributed by atoms with Crippen molar-refractivity contribution in [2.75, 3.05) is 0 Å². The van der Waals surface area contributed by atoms with Gasteiger partial charge in [0.1, 0.15) is 21.6 Å². The first-order chi connectivity index (χ1) is 14.5. The molecule has 0 heterocycles. The number of benzene rings is 2. The van der Waals surface area contributed by atoms with Crippen molar-refractivity contribution in [3.05, 3.63) is 54.1 Å². The Balaban J connectivity index is 0.00000480. The van der Waals surface area contributed by atoms with E-state index < -0.39 is 10.1 Å². The molecule has 0 amide bonds. The fraction of sp³-hybridized carbons (Fsp3) is 0.520. The quantitative estimate of drug-likeness (QED) is 0.222. The van der Waals surface area contributed by atoms with Gasteiger partial charge in [0.05, 0.1) is 4.90 Å². The molecule has 0 radical (unpaired) electrons. The van der Waals surface area contributed by atoms with Gasteiger partial charge in [0.15, 0.2) is 0 Å². The molecule has 0 atom stereocenters. The zero-order chi connectivity index (χ0) is 21.7. The van der Waals surface area contributed by atoms with Crippen LogP contribution in [0.4, 0.5) is 0 Å². The van der Waals surface area contributed by atoms with Crippen molar-refractivity contribution in [3.8, 4) is 11.5 Å². The number of unbranched alkanes of at least 4 members (excludes halogenated alkanes) is 10. The summed E-state index contributed by atoms with van der Waals surface area (Å²) in [7, 11) is -4.59. The van der Waals surface area contributed by atoms with Crippen LogP contribution < -0.4 is 56.1 Å². The second-order valence-corrected chi connectivity index (χ2v) is 9.28. The summed E-state index contributed by atoms with van der Waals surface area (Å²) in [6.07, 6.45) is 15.0. The van der Waals surface area contributed by atoms with Crippen LogP contribution in [0, 0.1) is 0 Å². The van der Waals surface area contributed by atoms with Gasteiger partial charge in [-0.2, -0.15) is 0 Å². The SMILES string of the molecule is CCCCCCCCCCCCCc1ccc(S(=O)(=O)[O-])c(Oc2ccccc2)c1.[K+]. The molecule has 0 aliphatic heterocycles. The number of hydrogen-bond donors (Lipinski definition) is 0. The van der Waals surface area contributed by atoms with E-state index in [1.807, 2.05) is 6.07 Å². The summed E-state index contributed by atoms with van der Waals surface area (Å²) in [6.45, 7) is 2.25. The van der Waals surface area contributed by atoms with Crippen LogP contribution in [-0.4, -0.2) is 13.0 Å². The van der Waals surface area contributed by atoms with E-state index in [-0.39, 0.29) is 62.0 Å². The third kappa shape index (κ3) is 12.0. The van der Waals surface area contributed by atoms with Crippen molar-refractivity contribution in [1.29, 1.82) is 0 Å². The first kappa shape index (κ1) is 28.8. The Hall–Kier alpha value is -0.214. The van der Waals surface area contributed by atoms with Crippen molar-refractivity contribution < 1.29 is 69.1 Å². The zero-order valence-electron chi connectivity index (χ0n) is 19.1. The second-order valence-electron chi connectivity index (χ2n) is 7.94. The minimum absolute atomic E-state index is 0. The Labute approximate surface area is 231 Å². The molecule has 166 valence electrons. The summed E-state index contributed by atoms with van der Waals surface area (Å²) in [5, 5.41) is 0. The molecule has 0 bridgehead atoms. The predicted octanol–water partition coefficient (Wildman–Crippen LogP) is 4.24. The molecule has 4 nitrogen and oxygen atoms in total. The fourth-order valence-corrected chi connectivity index (χ4v) is 4.18. The average Bonchev–Trinajstić information content (AvgIpc) is 2.72. The van der Waals surface area contributed by atoms with E-state index in [4.69, 9.17) is 4.74 Å². The molecule has 6 heteroatoms. The van der Waals surface area contributed by atoms with Crippen molar-refractivity contribution in [1.82, 2.24) is 0 Å². The molecule has 0 fully saturated rings. The summed E-state index contributed by atoms with van der Waals surface area (Å²) >= 11 is 0. The fourth-order valence-electron chi connectivity index (χ4n) is 3.60. The largest absolute Gasteiger partial charge is 1.00 e. The van der Waals surface area contributed by atoms with Crippen molar-refractivity contribution in [3.63, 3.8) is 0 Å². The van der Waals surface area contributed by atoms with Gasteiger partial charge in [-0.3, -0.25) is 0 Å². The van der Waals surface area contributed by atoms with Gasteiger partial charge in [-0.15, -0.1) is 0 Å². The van der Waals surface area contributed by atoms with Gasteiger partial charge in [0.25, 0.3) is 0 Å². The van der Waals surface area contributed by atoms with Gasteiger partial charge in [-0.25, -0.2) is 8.42 Å². The molecule has 0 aliphatic carbocycles. The van der Waals surface area contributed by atoms with E-state index in [1.54, 1.807) is 36.4 Å². The van der Waals surface area contributed by atoms with Gasteiger partial charge in [-0.1, -0.05) is 95.4 Å². The van der Waals surface area contributed by atoms with Gasteiger partial charge in [-0.05, 0) is 42.7 Å². The van der Waals surface area contributed by atoms with Crippen LogP contribution in [0.5, 0.6) is 11.5 Å². The molecule has 0 N–H and O–H groups in total. The molecule has 0 spiro atoms. The molecule has 0 aliphatic rings. The average molecular weight is 471 g/mol. The summed E-state index contributed by atoms with van der Waals surface area (Å²) in [5.74, 6) is 0.617. The third-order valence-electron chi connectivity index (χ3n) is 5.32. The second kappa shape index (κ2) is 16.4. The van der Waals surface area contributed by atoms with Crippen LogP contribution >= 0.6 is 0 Å². The van der Waals surface area contributed by atoms with Crippen LogP contribution in [0.1, 0.15) is 83.1 Å². The standard InChI is InChI=1S/C25H36O4S.K/c1-2-3-4-5-6-7-8-9-10-11-13-16-22-19-20-25(30(26,27)28)24(21-22)29-23-17-14-12-15-18-23;/h12,14-15,17-21H,2-11,13,16H2,1H3,(H,26,27,28);/q;+1/p-1. The zero-order valence-corrected chi connectivity index (χ0v) is 23.1. The molecule has 0 unspecified atom stereocenters. The van der Waals surface area contributed by atoms with E-state index >= 15 is 0 Å². The molecule has 0 saturated carbocycles. The maximum absolute atomic E-state index is 11.6. The summed E-state index contributed by atoms with van der Waals surface area (Å²) in [5.41, 5.74) is 0.990. The van der Waals surface area contributed by atoms with E-state index in [1.165, 1.54) is 63.9 Å². The van der Waals surface area contributed by atoms with Gasteiger partial charge < -0.3 is 9.29 Å². The maximum Gasteiger partial charge on any atom is 1.00 e. The Morgan fingerprint density at radius 1 is 0.774 bits per heavy atom. The van der Waals surface area contributed by atoms with Crippen LogP contribution in [0.3, 0.4) is 0 Å². The van der Waals surface area contributed by atoms with Crippen LogP contribution in [0.15, 0.2) is 53.4 Å². The minimum atomic E-state index is -4.59. The van der Waals surface area contributed by atoms with E-state index in [9.17, 15) is 13.0 Å². The van der Waals surface area contributed by atoms with Gasteiger partial charge in [0, 0.05) is 0 Å². The smallest absolute Gasteiger partial charge is 0.744 e. The Bertz CT molecular complexity index is 838. The van der Waals surface area contributed by atoms with Crippen LogP contribution in [0.25, 0.3) is 0 Å². The van der Waals surface area contributed by atoms with Crippen molar-refractivity contribution in [2.24, 2.45) is 0 Å². The summed E-state index contributed by atoms with van der Waals surface area (Å²) < 4.78 is 40.4. The van der Waals surface area contributed by atoms with Crippen molar-refractivity contribution in [2.45, 2.75) is 88.9 Å². The first-order valence-corrected chi connectivity index (χ1v) is 12.7. The van der Waals surface area contributed by atoms with E-state index in [0.29, 0.717) is 5.75 Å². The van der Waals surface area contributed by atoms with Crippen LogP contribution in [0.2, 0.25) is 0 Å². The predicted molar refractivity (Wildman–Crippen MR) is 121 cm³/mol. The molecule has 31 heavy (non-hydrogen) atoms. The number of aryl methyl sites for hydroxylation is 1.